The number of hydrogen-bond acceptors (Lipinski definition) is 4. The maximum absolute atomic E-state index is 12.3. The van der Waals surface area contributed by atoms with Gasteiger partial charge in [0.15, 0.2) is 5.69 Å². The Hall–Kier alpha value is -2.04. The molecule has 0 bridgehead atoms. The van der Waals surface area contributed by atoms with Crippen LogP contribution in [0.3, 0.4) is 0 Å². The Labute approximate surface area is 111 Å². The lowest BCUT2D eigenvalue weighted by molar-refractivity contribution is 0.0309. The van der Waals surface area contributed by atoms with Gasteiger partial charge in [-0.3, -0.25) is 4.40 Å². The van der Waals surface area contributed by atoms with Gasteiger partial charge in [-0.05, 0) is 44.7 Å². The van der Waals surface area contributed by atoms with Gasteiger partial charge < -0.3 is 10.5 Å². The quantitative estimate of drug-likeness (QED) is 0.840. The number of pyridine rings is 1. The Kier molecular flexibility index (Phi) is 2.89. The number of rotatable bonds is 2. The number of aromatic nitrogens is 2. The Bertz CT molecular complexity index is 627. The molecule has 100 valence electrons. The predicted octanol–water partition coefficient (Wildman–Crippen LogP) is 2.32. The Morgan fingerprint density at radius 2 is 2.16 bits per heavy atom. The Morgan fingerprint density at radius 1 is 1.42 bits per heavy atom. The highest BCUT2D eigenvalue weighted by atomic mass is 16.5. The Balaban J connectivity index is 1.96. The van der Waals surface area contributed by atoms with Crippen molar-refractivity contribution in [3.63, 3.8) is 0 Å². The van der Waals surface area contributed by atoms with E-state index in [4.69, 9.17) is 10.5 Å². The number of carbonyl (C=O) groups excluding carboxylic acids is 1. The van der Waals surface area contributed by atoms with Crippen LogP contribution in [0.1, 0.15) is 41.9 Å². The van der Waals surface area contributed by atoms with Crippen LogP contribution < -0.4 is 5.73 Å². The van der Waals surface area contributed by atoms with Gasteiger partial charge in [0.2, 0.25) is 0 Å². The van der Waals surface area contributed by atoms with E-state index < -0.39 is 0 Å². The molecule has 5 heteroatoms. The molecule has 1 saturated carbocycles. The number of hydrogen-bond donors (Lipinski definition) is 1. The summed E-state index contributed by atoms with van der Waals surface area (Å²) in [5, 5.41) is 0. The minimum atomic E-state index is -0.303. The van der Waals surface area contributed by atoms with Gasteiger partial charge in [0.1, 0.15) is 11.8 Å². The van der Waals surface area contributed by atoms with E-state index >= 15 is 0 Å². The summed E-state index contributed by atoms with van der Waals surface area (Å²) < 4.78 is 7.25. The van der Waals surface area contributed by atoms with Gasteiger partial charge in [0.05, 0.1) is 5.69 Å². The molecule has 2 heterocycles. The maximum Gasteiger partial charge on any atom is 0.357 e. The van der Waals surface area contributed by atoms with Gasteiger partial charge in [-0.25, -0.2) is 9.78 Å². The zero-order valence-electron chi connectivity index (χ0n) is 10.9. The first-order valence-electron chi connectivity index (χ1n) is 6.60. The summed E-state index contributed by atoms with van der Waals surface area (Å²) in [5.74, 6) is -0.303. The van der Waals surface area contributed by atoms with Crippen LogP contribution in [0.2, 0.25) is 0 Å². The van der Waals surface area contributed by atoms with Gasteiger partial charge in [-0.2, -0.15) is 0 Å². The molecule has 3 rings (SSSR count). The topological polar surface area (TPSA) is 69.6 Å². The summed E-state index contributed by atoms with van der Waals surface area (Å²) in [6.07, 6.45) is 5.96. The van der Waals surface area contributed by atoms with Crippen LogP contribution in [0.4, 0.5) is 5.69 Å². The van der Waals surface area contributed by atoms with E-state index in [-0.39, 0.29) is 12.1 Å². The zero-order valence-corrected chi connectivity index (χ0v) is 10.9. The fraction of sp³-hybridized carbons (Fsp3) is 0.429. The van der Waals surface area contributed by atoms with Crippen LogP contribution in [-0.2, 0) is 4.74 Å². The first kappa shape index (κ1) is 12.0. The third kappa shape index (κ3) is 2.16. The third-order valence-corrected chi connectivity index (χ3v) is 3.58. The first-order valence-corrected chi connectivity index (χ1v) is 6.60. The summed E-state index contributed by atoms with van der Waals surface area (Å²) >= 11 is 0. The first-order chi connectivity index (χ1) is 9.15. The molecule has 0 saturated heterocycles. The number of fused-ring (bicyclic) bond motifs is 1. The molecule has 0 amide bonds. The molecule has 2 aromatic rings. The van der Waals surface area contributed by atoms with Crippen LogP contribution in [0.25, 0.3) is 5.65 Å². The van der Waals surface area contributed by atoms with Crippen molar-refractivity contribution in [1.29, 1.82) is 0 Å². The zero-order chi connectivity index (χ0) is 13.4. The lowest BCUT2D eigenvalue weighted by atomic mass is 10.3. The van der Waals surface area contributed by atoms with Gasteiger partial charge in [-0.1, -0.05) is 0 Å². The molecular formula is C14H17N3O2. The van der Waals surface area contributed by atoms with Gasteiger partial charge in [-0.15, -0.1) is 0 Å². The second-order valence-corrected chi connectivity index (χ2v) is 5.05. The highest BCUT2D eigenvalue weighted by Gasteiger charge is 2.24. The molecule has 5 nitrogen and oxygen atoms in total. The van der Waals surface area contributed by atoms with Gasteiger partial charge >= 0.3 is 5.97 Å². The second-order valence-electron chi connectivity index (χ2n) is 5.05. The maximum atomic E-state index is 12.3. The molecule has 2 aromatic heterocycles. The predicted molar refractivity (Wildman–Crippen MR) is 72.0 cm³/mol. The lowest BCUT2D eigenvalue weighted by Gasteiger charge is -2.11. The molecule has 1 aliphatic rings. The molecule has 0 unspecified atom stereocenters. The van der Waals surface area contributed by atoms with E-state index in [1.165, 1.54) is 0 Å². The number of nitrogens with zero attached hydrogens (tertiary/aromatic N) is 2. The van der Waals surface area contributed by atoms with E-state index in [1.54, 1.807) is 22.7 Å². The van der Waals surface area contributed by atoms with Crippen molar-refractivity contribution in [3.05, 3.63) is 29.7 Å². The van der Waals surface area contributed by atoms with E-state index in [2.05, 4.69) is 4.98 Å². The van der Waals surface area contributed by atoms with E-state index in [0.717, 1.165) is 25.7 Å². The van der Waals surface area contributed by atoms with Crippen molar-refractivity contribution < 1.29 is 9.53 Å². The third-order valence-electron chi connectivity index (χ3n) is 3.58. The van der Waals surface area contributed by atoms with Crippen molar-refractivity contribution in [1.82, 2.24) is 9.38 Å². The van der Waals surface area contributed by atoms with E-state index in [0.29, 0.717) is 22.7 Å². The summed E-state index contributed by atoms with van der Waals surface area (Å²) in [7, 11) is 0. The van der Waals surface area contributed by atoms with Crippen LogP contribution in [0.15, 0.2) is 18.3 Å². The van der Waals surface area contributed by atoms with Crippen LogP contribution in [-0.4, -0.2) is 21.5 Å². The van der Waals surface area contributed by atoms with E-state index in [1.807, 2.05) is 6.92 Å². The fourth-order valence-corrected chi connectivity index (χ4v) is 2.64. The number of imidazole rings is 1. The van der Waals surface area contributed by atoms with E-state index in [9.17, 15) is 4.79 Å². The summed E-state index contributed by atoms with van der Waals surface area (Å²) in [6, 6.07) is 3.57. The highest BCUT2D eigenvalue weighted by molar-refractivity contribution is 5.90. The normalized spacial score (nSPS) is 16.1. The number of ether oxygens (including phenoxy) is 1. The second kappa shape index (κ2) is 4.57. The van der Waals surface area contributed by atoms with Gasteiger partial charge in [0, 0.05) is 11.9 Å². The molecule has 0 atom stereocenters. The number of carbonyl (C=O) groups is 1. The molecule has 0 spiro atoms. The minimum Gasteiger partial charge on any atom is -0.458 e. The lowest BCUT2D eigenvalue weighted by Crippen LogP contribution is -2.17. The Morgan fingerprint density at radius 3 is 2.89 bits per heavy atom. The van der Waals surface area contributed by atoms with Crippen LogP contribution in [0, 0.1) is 6.92 Å². The molecule has 0 aliphatic heterocycles. The van der Waals surface area contributed by atoms with Crippen molar-refractivity contribution in [2.45, 2.75) is 38.7 Å². The molecule has 0 radical (unpaired) electrons. The molecule has 2 N–H and O–H groups in total. The summed E-state index contributed by atoms with van der Waals surface area (Å²) in [6.45, 7) is 1.81. The standard InChI is InChI=1S/C14H17N3O2/c1-9-13(14(18)19-11-4-2-3-5-11)17-8-10(15)6-7-12(17)16-9/h6-8,11H,2-5,15H2,1H3. The van der Waals surface area contributed by atoms with Crippen LogP contribution >= 0.6 is 0 Å². The molecule has 0 aromatic carbocycles. The number of nitrogen functional groups attached to an aromatic ring is 1. The van der Waals surface area contributed by atoms with Crippen LogP contribution in [0.5, 0.6) is 0 Å². The van der Waals surface area contributed by atoms with Crippen molar-refractivity contribution in [2.75, 3.05) is 5.73 Å². The van der Waals surface area contributed by atoms with Crippen molar-refractivity contribution in [2.24, 2.45) is 0 Å². The number of aryl methyl sites for hydroxylation is 1. The highest BCUT2D eigenvalue weighted by Crippen LogP contribution is 2.23. The molecule has 19 heavy (non-hydrogen) atoms. The van der Waals surface area contributed by atoms with Crippen molar-refractivity contribution in [3.8, 4) is 0 Å². The minimum absolute atomic E-state index is 0.0542. The number of anilines is 1. The SMILES string of the molecule is Cc1nc2ccc(N)cn2c1C(=O)OC1CCCC1. The summed E-state index contributed by atoms with van der Waals surface area (Å²) in [4.78, 5) is 16.6. The summed E-state index contributed by atoms with van der Waals surface area (Å²) in [5.41, 5.74) is 8.23. The van der Waals surface area contributed by atoms with Crippen molar-refractivity contribution >= 4 is 17.3 Å². The van der Waals surface area contributed by atoms with Gasteiger partial charge in [0.25, 0.3) is 0 Å². The largest absolute Gasteiger partial charge is 0.458 e. The average Bonchev–Trinajstić information content (AvgIpc) is 2.95. The monoisotopic (exact) mass is 259 g/mol. The smallest absolute Gasteiger partial charge is 0.357 e. The average molecular weight is 259 g/mol. The fourth-order valence-electron chi connectivity index (χ4n) is 2.64. The number of esters is 1. The molecule has 1 fully saturated rings. The molecule has 1 aliphatic carbocycles. The number of nitrogens with two attached hydrogens (primary N) is 1. The molecular weight excluding hydrogens is 242 g/mol.